The van der Waals surface area contributed by atoms with Crippen LogP contribution in [0.15, 0.2) is 107 Å². The molecule has 8 aromatic rings. The number of nitrogens with two attached hydrogens (primary N) is 3. The molecule has 0 saturated carbocycles. The van der Waals surface area contributed by atoms with Gasteiger partial charge in [-0.1, -0.05) is 60.7 Å². The van der Waals surface area contributed by atoms with Crippen molar-refractivity contribution in [3.05, 3.63) is 139 Å². The Balaban J connectivity index is 0.000000152. The molecule has 0 aliphatic carbocycles. The summed E-state index contributed by atoms with van der Waals surface area (Å²) in [7, 11) is 0. The number of hydrogen-bond acceptors (Lipinski definition) is 11. The molecule has 0 spiro atoms. The molecule has 16 nitrogen and oxygen atoms in total. The van der Waals surface area contributed by atoms with Gasteiger partial charge in [-0.2, -0.15) is 0 Å². The molecule has 6 N–H and O–H groups in total. The van der Waals surface area contributed by atoms with Gasteiger partial charge >= 0.3 is 11.4 Å². The molecule has 0 unspecified atom stereocenters. The van der Waals surface area contributed by atoms with Gasteiger partial charge in [0.05, 0.1) is 40.1 Å². The first-order chi connectivity index (χ1) is 23.2. The number of aromatic nitrogens is 8. The number of non-ortho nitro benzene ring substituents is 1. The molecule has 0 amide bonds. The van der Waals surface area contributed by atoms with Gasteiger partial charge in [0, 0.05) is 17.8 Å². The van der Waals surface area contributed by atoms with Crippen LogP contribution in [0.25, 0.3) is 33.4 Å². The number of nitro benzene ring substituents is 1. The van der Waals surface area contributed by atoms with E-state index in [4.69, 9.17) is 17.2 Å². The van der Waals surface area contributed by atoms with E-state index in [9.17, 15) is 19.7 Å². The fourth-order valence-corrected chi connectivity index (χ4v) is 5.38. The van der Waals surface area contributed by atoms with Gasteiger partial charge < -0.3 is 17.2 Å². The van der Waals surface area contributed by atoms with E-state index in [2.05, 4.69) is 20.2 Å². The van der Waals surface area contributed by atoms with Gasteiger partial charge in [-0.15, -0.1) is 10.2 Å². The second-order valence-corrected chi connectivity index (χ2v) is 10.8. The zero-order chi connectivity index (χ0) is 33.5. The highest BCUT2D eigenvalue weighted by atomic mass is 16.6. The lowest BCUT2D eigenvalue weighted by molar-refractivity contribution is -0.384. The van der Waals surface area contributed by atoms with Gasteiger partial charge in [0.15, 0.2) is 11.6 Å². The molecule has 0 atom stereocenters. The second-order valence-electron chi connectivity index (χ2n) is 10.8. The lowest BCUT2D eigenvalue weighted by Crippen LogP contribution is -2.22. The molecular formula is C32H26N12O4. The average Bonchev–Trinajstić information content (AvgIpc) is 3.59. The van der Waals surface area contributed by atoms with Crippen LogP contribution in [0.1, 0.15) is 11.1 Å². The van der Waals surface area contributed by atoms with E-state index in [0.717, 1.165) is 11.1 Å². The molecule has 4 aromatic carbocycles. The third-order valence-electron chi connectivity index (χ3n) is 7.62. The molecule has 4 heterocycles. The van der Waals surface area contributed by atoms with E-state index >= 15 is 0 Å². The van der Waals surface area contributed by atoms with E-state index in [0.29, 0.717) is 34.4 Å². The zero-order valence-corrected chi connectivity index (χ0v) is 25.0. The summed E-state index contributed by atoms with van der Waals surface area (Å²) in [6, 6.07) is 28.3. The van der Waals surface area contributed by atoms with Crippen molar-refractivity contribution >= 4 is 56.4 Å². The van der Waals surface area contributed by atoms with Gasteiger partial charge in [0.2, 0.25) is 11.3 Å². The third kappa shape index (κ3) is 5.28. The Kier molecular flexibility index (Phi) is 7.20. The summed E-state index contributed by atoms with van der Waals surface area (Å²) in [6.07, 6.45) is 0. The molecule has 48 heavy (non-hydrogen) atoms. The van der Waals surface area contributed by atoms with Crippen LogP contribution < -0.4 is 28.6 Å². The van der Waals surface area contributed by atoms with Crippen LogP contribution in [0.5, 0.6) is 0 Å². The smallest absolute Gasteiger partial charge is 0.351 e. The standard InChI is InChI=1S/C16H12N6O3.C16H14N6O/c17-14-15-19-20(9-10-4-2-1-3-5-10)16(23)21(15)13-7-6-11(22(24)25)8-12(13)18-14;17-11-6-7-13-12(8-11)19-14(18)15-20-21(16(23)22(13)15)9-10-4-2-1-3-5-10/h1-8H,9H2,(H2,17,18);1-8H,9,17H2,(H2,18,19). The van der Waals surface area contributed by atoms with Gasteiger partial charge in [-0.25, -0.2) is 37.7 Å². The maximum Gasteiger partial charge on any atom is 0.351 e. The van der Waals surface area contributed by atoms with E-state index in [1.807, 2.05) is 60.7 Å². The fourth-order valence-electron chi connectivity index (χ4n) is 5.38. The summed E-state index contributed by atoms with van der Waals surface area (Å²) >= 11 is 0. The first-order valence-corrected chi connectivity index (χ1v) is 14.5. The normalized spacial score (nSPS) is 11.2. The molecule has 4 aromatic heterocycles. The summed E-state index contributed by atoms with van der Waals surface area (Å²) in [5.74, 6) is 0.240. The molecule has 0 saturated heterocycles. The minimum Gasteiger partial charge on any atom is -0.399 e. The third-order valence-corrected chi connectivity index (χ3v) is 7.62. The Hall–Kier alpha value is -7.10. The number of nitrogens with zero attached hydrogens (tertiary/aromatic N) is 9. The Bertz CT molecular complexity index is 2630. The van der Waals surface area contributed by atoms with Gasteiger partial charge in [0.25, 0.3) is 5.69 Å². The van der Waals surface area contributed by atoms with Gasteiger partial charge in [-0.05, 0) is 35.4 Å². The van der Waals surface area contributed by atoms with Crippen LogP contribution in [0.3, 0.4) is 0 Å². The fraction of sp³-hybridized carbons (Fsp3) is 0.0625. The summed E-state index contributed by atoms with van der Waals surface area (Å²) in [5.41, 5.74) is 21.8. The maximum absolute atomic E-state index is 12.8. The quantitative estimate of drug-likeness (QED) is 0.140. The number of fused-ring (bicyclic) bond motifs is 6. The number of rotatable bonds is 5. The first kappa shape index (κ1) is 29.6. The Morgan fingerprint density at radius 3 is 1.56 bits per heavy atom. The Morgan fingerprint density at radius 2 is 1.08 bits per heavy atom. The van der Waals surface area contributed by atoms with Crippen LogP contribution in [-0.2, 0) is 13.1 Å². The molecule has 0 fully saturated rings. The van der Waals surface area contributed by atoms with E-state index < -0.39 is 4.92 Å². The Labute approximate surface area is 269 Å². The predicted octanol–water partition coefficient (Wildman–Crippen LogP) is 2.84. The van der Waals surface area contributed by atoms with Crippen molar-refractivity contribution in [2.75, 3.05) is 17.2 Å². The highest BCUT2D eigenvalue weighted by molar-refractivity contribution is 5.85. The number of hydrogen-bond donors (Lipinski definition) is 3. The monoisotopic (exact) mass is 642 g/mol. The topological polar surface area (TPSA) is 226 Å². The molecular weight excluding hydrogens is 616 g/mol. The highest BCUT2D eigenvalue weighted by Crippen LogP contribution is 2.22. The van der Waals surface area contributed by atoms with Crippen LogP contribution in [-0.4, -0.2) is 43.3 Å². The van der Waals surface area contributed by atoms with Crippen molar-refractivity contribution in [2.45, 2.75) is 13.1 Å². The number of anilines is 3. The van der Waals surface area contributed by atoms with Crippen LogP contribution in [0, 0.1) is 10.1 Å². The summed E-state index contributed by atoms with van der Waals surface area (Å²) < 4.78 is 5.48. The van der Waals surface area contributed by atoms with E-state index in [-0.39, 0.29) is 46.4 Å². The van der Waals surface area contributed by atoms with Crippen molar-refractivity contribution in [1.82, 2.24) is 38.3 Å². The molecule has 0 aliphatic rings. The molecule has 0 aliphatic heterocycles. The van der Waals surface area contributed by atoms with Gasteiger partial charge in [0.1, 0.15) is 0 Å². The average molecular weight is 643 g/mol. The van der Waals surface area contributed by atoms with Crippen LogP contribution in [0.4, 0.5) is 23.0 Å². The molecule has 8 rings (SSSR count). The Morgan fingerprint density at radius 1 is 0.625 bits per heavy atom. The molecule has 0 bridgehead atoms. The van der Waals surface area contributed by atoms with Crippen molar-refractivity contribution in [3.63, 3.8) is 0 Å². The van der Waals surface area contributed by atoms with E-state index in [1.54, 1.807) is 18.2 Å². The SMILES string of the molecule is Nc1ccc2c(c1)nc(N)c1nn(Cc3ccccc3)c(=O)n12.Nc1nc2cc([N+](=O)[O-])ccc2n2c(=O)n(Cc3ccccc3)nc12. The zero-order valence-electron chi connectivity index (χ0n) is 25.0. The minimum atomic E-state index is -0.525. The van der Waals surface area contributed by atoms with E-state index in [1.165, 1.54) is 36.4 Å². The van der Waals surface area contributed by atoms with Crippen LogP contribution in [0.2, 0.25) is 0 Å². The number of nitro groups is 1. The summed E-state index contributed by atoms with van der Waals surface area (Å²) in [6.45, 7) is 0.659. The molecule has 238 valence electrons. The number of benzene rings is 4. The summed E-state index contributed by atoms with van der Waals surface area (Å²) in [5, 5.41) is 19.5. The van der Waals surface area contributed by atoms with Crippen LogP contribution >= 0.6 is 0 Å². The van der Waals surface area contributed by atoms with Gasteiger partial charge in [-0.3, -0.25) is 10.1 Å². The summed E-state index contributed by atoms with van der Waals surface area (Å²) in [4.78, 5) is 44.3. The maximum atomic E-state index is 12.8. The minimum absolute atomic E-state index is 0.0388. The van der Waals surface area contributed by atoms with Crippen molar-refractivity contribution in [3.8, 4) is 0 Å². The predicted molar refractivity (Wildman–Crippen MR) is 180 cm³/mol. The molecule has 16 heteroatoms. The lowest BCUT2D eigenvalue weighted by Gasteiger charge is -2.02. The number of nitrogen functional groups attached to an aromatic ring is 3. The van der Waals surface area contributed by atoms with Crippen molar-refractivity contribution < 1.29 is 4.92 Å². The van der Waals surface area contributed by atoms with Crippen molar-refractivity contribution in [1.29, 1.82) is 0 Å². The van der Waals surface area contributed by atoms with Crippen molar-refractivity contribution in [2.24, 2.45) is 0 Å². The molecule has 0 radical (unpaired) electrons. The first-order valence-electron chi connectivity index (χ1n) is 14.5. The lowest BCUT2D eigenvalue weighted by atomic mass is 10.2. The second kappa shape index (κ2) is 11.7. The highest BCUT2D eigenvalue weighted by Gasteiger charge is 2.17. The largest absolute Gasteiger partial charge is 0.399 e.